The van der Waals surface area contributed by atoms with Gasteiger partial charge in [0.15, 0.2) is 0 Å². The number of hydrogen-bond acceptors (Lipinski definition) is 6. The van der Waals surface area contributed by atoms with Crippen molar-refractivity contribution in [2.45, 2.75) is 32.8 Å². The molecule has 0 atom stereocenters. The minimum Gasteiger partial charge on any atom is -0.494 e. The number of halogens is 2. The molecule has 0 saturated carbocycles. The second-order valence-corrected chi connectivity index (χ2v) is 10.5. The molecule has 5 rings (SSSR count). The summed E-state index contributed by atoms with van der Waals surface area (Å²) >= 11 is 0. The molecule has 0 unspecified atom stereocenters. The number of fused-ring (bicyclic) bond motifs is 1. The molecule has 216 valence electrons. The molecule has 0 fully saturated rings. The van der Waals surface area contributed by atoms with E-state index < -0.39 is 23.1 Å². The summed E-state index contributed by atoms with van der Waals surface area (Å²) < 4.78 is 35.4. The van der Waals surface area contributed by atoms with Crippen molar-refractivity contribution in [3.05, 3.63) is 95.3 Å². The molecule has 0 aliphatic rings. The zero-order valence-electron chi connectivity index (χ0n) is 23.5. The number of nitrogens with two attached hydrogens (primary N) is 1. The number of rotatable bonds is 9. The molecule has 1 amide bonds. The number of nitrogens with zero attached hydrogens (tertiary/aromatic N) is 2. The predicted octanol–water partition coefficient (Wildman–Crippen LogP) is 6.09. The van der Waals surface area contributed by atoms with E-state index >= 15 is 0 Å². The summed E-state index contributed by atoms with van der Waals surface area (Å²) in [6, 6.07) is 15.9. The van der Waals surface area contributed by atoms with E-state index in [1.807, 2.05) is 30.3 Å². The van der Waals surface area contributed by atoms with Crippen LogP contribution < -0.4 is 15.8 Å². The molecular weight excluding hydrogens is 540 g/mol. The van der Waals surface area contributed by atoms with E-state index in [1.54, 1.807) is 6.92 Å². The van der Waals surface area contributed by atoms with Gasteiger partial charge in [0.05, 0.1) is 23.5 Å². The van der Waals surface area contributed by atoms with E-state index in [1.165, 1.54) is 44.4 Å². The predicted molar refractivity (Wildman–Crippen MR) is 158 cm³/mol. The van der Waals surface area contributed by atoms with Gasteiger partial charge < -0.3 is 25.9 Å². The van der Waals surface area contributed by atoms with Crippen LogP contribution in [0.3, 0.4) is 0 Å². The highest BCUT2D eigenvalue weighted by molar-refractivity contribution is 6.05. The number of carbonyl (C=O) groups is 1. The first kappa shape index (κ1) is 28.8. The lowest BCUT2D eigenvalue weighted by Crippen LogP contribution is -2.19. The number of anilines is 1. The molecule has 10 heteroatoms. The summed E-state index contributed by atoms with van der Waals surface area (Å²) in [6.45, 7) is 5.87. The Hall–Kier alpha value is -4.67. The van der Waals surface area contributed by atoms with Gasteiger partial charge in [0.1, 0.15) is 29.4 Å². The Balaban J connectivity index is 1.46. The Kier molecular flexibility index (Phi) is 8.02. The number of carbonyl (C=O) groups excluding carboxylic acids is 1. The average molecular weight is 572 g/mol. The lowest BCUT2D eigenvalue weighted by Gasteiger charge is -2.18. The fraction of sp³-hybridized carbons (Fsp3) is 0.219. The third-order valence-corrected chi connectivity index (χ3v) is 7.00. The molecule has 2 aromatic heterocycles. The van der Waals surface area contributed by atoms with Crippen LogP contribution in [0.5, 0.6) is 5.75 Å². The molecule has 5 aromatic rings. The average Bonchev–Trinajstić information content (AvgIpc) is 3.39. The molecular formula is C32H31F2N5O3. The molecule has 5 N–H and O–H groups in total. The zero-order valence-corrected chi connectivity index (χ0v) is 23.5. The molecule has 3 aromatic carbocycles. The minimum atomic E-state index is -1.27. The van der Waals surface area contributed by atoms with Gasteiger partial charge in [-0.1, -0.05) is 6.07 Å². The van der Waals surface area contributed by atoms with Crippen LogP contribution in [0.15, 0.2) is 67.0 Å². The molecule has 0 radical (unpaired) electrons. The zero-order chi connectivity index (χ0) is 30.0. The number of aromatic nitrogens is 3. The summed E-state index contributed by atoms with van der Waals surface area (Å²) in [7, 11) is 0. The molecule has 0 aliphatic carbocycles. The molecule has 0 spiro atoms. The van der Waals surface area contributed by atoms with Crippen molar-refractivity contribution >= 4 is 22.6 Å². The topological polar surface area (TPSA) is 126 Å². The first-order chi connectivity index (χ1) is 20.0. The monoisotopic (exact) mass is 571 g/mol. The van der Waals surface area contributed by atoms with Gasteiger partial charge in [-0.05, 0) is 105 Å². The summed E-state index contributed by atoms with van der Waals surface area (Å²) in [4.78, 5) is 25.1. The van der Waals surface area contributed by atoms with Crippen molar-refractivity contribution in [2.24, 2.45) is 5.73 Å². The molecule has 2 heterocycles. The second-order valence-electron chi connectivity index (χ2n) is 10.5. The smallest absolute Gasteiger partial charge is 0.258 e. The van der Waals surface area contributed by atoms with Crippen LogP contribution in [0.25, 0.3) is 33.5 Å². The maximum absolute atomic E-state index is 14.9. The largest absolute Gasteiger partial charge is 0.494 e. The van der Waals surface area contributed by atoms with Gasteiger partial charge in [0.25, 0.3) is 5.91 Å². The number of hydrogen-bond donors (Lipinski definition) is 4. The Morgan fingerprint density at radius 1 is 1.07 bits per heavy atom. The van der Waals surface area contributed by atoms with Crippen molar-refractivity contribution in [1.29, 1.82) is 0 Å². The highest BCUT2D eigenvalue weighted by atomic mass is 19.1. The Morgan fingerprint density at radius 2 is 1.83 bits per heavy atom. The van der Waals surface area contributed by atoms with Gasteiger partial charge in [0.2, 0.25) is 0 Å². The van der Waals surface area contributed by atoms with E-state index in [0.717, 1.165) is 29.5 Å². The van der Waals surface area contributed by atoms with Crippen LogP contribution in [0.2, 0.25) is 0 Å². The third-order valence-electron chi connectivity index (χ3n) is 7.00. The van der Waals surface area contributed by atoms with Crippen molar-refractivity contribution in [3.63, 3.8) is 0 Å². The molecule has 8 nitrogen and oxygen atoms in total. The molecule has 0 aliphatic heterocycles. The quantitative estimate of drug-likeness (QED) is 0.159. The van der Waals surface area contributed by atoms with Gasteiger partial charge in [0, 0.05) is 22.3 Å². The molecule has 0 saturated heterocycles. The number of H-pyrrole nitrogens is 1. The number of benzene rings is 3. The Morgan fingerprint density at radius 3 is 2.52 bits per heavy atom. The van der Waals surface area contributed by atoms with Crippen LogP contribution in [-0.2, 0) is 5.60 Å². The van der Waals surface area contributed by atoms with E-state index in [9.17, 15) is 18.7 Å². The van der Waals surface area contributed by atoms with E-state index in [0.29, 0.717) is 46.6 Å². The standard InChI is InChI=1S/C32H31F2N5O3/c1-18-24(14-21(33)15-27(18)39-31(40)23-10-7-20(13-26(23)34)32(2,3)41)29-25-16-28(38-30(25)37-17-36-29)19-5-8-22(9-6-19)42-12-4-11-35/h5-10,13-17,41H,4,11-12,35H2,1-3H3,(H,39,40)(H,36,37,38). The number of amides is 1. The maximum Gasteiger partial charge on any atom is 0.258 e. The normalized spacial score (nSPS) is 11.6. The second kappa shape index (κ2) is 11.7. The number of ether oxygens (including phenoxy) is 1. The van der Waals surface area contributed by atoms with E-state index in [2.05, 4.69) is 20.3 Å². The van der Waals surface area contributed by atoms with Gasteiger partial charge in [-0.2, -0.15) is 0 Å². The summed E-state index contributed by atoms with van der Waals surface area (Å²) in [5.41, 5.74) is 8.22. The lowest BCUT2D eigenvalue weighted by molar-refractivity contribution is 0.0780. The number of aromatic amines is 1. The van der Waals surface area contributed by atoms with Crippen LogP contribution in [0.4, 0.5) is 14.5 Å². The number of nitrogens with one attached hydrogen (secondary N) is 2. The van der Waals surface area contributed by atoms with Gasteiger partial charge >= 0.3 is 0 Å². The summed E-state index contributed by atoms with van der Waals surface area (Å²) in [5.74, 6) is -1.41. The van der Waals surface area contributed by atoms with Gasteiger partial charge in [-0.15, -0.1) is 0 Å². The highest BCUT2D eigenvalue weighted by Crippen LogP contribution is 2.35. The highest BCUT2D eigenvalue weighted by Gasteiger charge is 2.22. The summed E-state index contributed by atoms with van der Waals surface area (Å²) in [6.07, 6.45) is 2.15. The minimum absolute atomic E-state index is 0.175. The third kappa shape index (κ3) is 6.00. The first-order valence-corrected chi connectivity index (χ1v) is 13.5. The fourth-order valence-corrected chi connectivity index (χ4v) is 4.64. The van der Waals surface area contributed by atoms with Crippen molar-refractivity contribution < 1.29 is 23.4 Å². The lowest BCUT2D eigenvalue weighted by atomic mass is 9.96. The summed E-state index contributed by atoms with van der Waals surface area (Å²) in [5, 5.41) is 13.4. The molecule has 42 heavy (non-hydrogen) atoms. The van der Waals surface area contributed by atoms with Crippen LogP contribution >= 0.6 is 0 Å². The van der Waals surface area contributed by atoms with Crippen LogP contribution in [0.1, 0.15) is 41.8 Å². The van der Waals surface area contributed by atoms with E-state index in [-0.39, 0.29) is 11.3 Å². The van der Waals surface area contributed by atoms with Crippen LogP contribution in [0, 0.1) is 18.6 Å². The van der Waals surface area contributed by atoms with Crippen LogP contribution in [-0.4, -0.2) is 39.1 Å². The maximum atomic E-state index is 14.9. The SMILES string of the molecule is Cc1c(NC(=O)c2ccc(C(C)(C)O)cc2F)cc(F)cc1-c1ncnc2[nH]c(-c3ccc(OCCCN)cc3)cc12. The van der Waals surface area contributed by atoms with Gasteiger partial charge in [-0.3, -0.25) is 4.79 Å². The van der Waals surface area contributed by atoms with Crippen molar-refractivity contribution in [2.75, 3.05) is 18.5 Å². The van der Waals surface area contributed by atoms with E-state index in [4.69, 9.17) is 10.5 Å². The van der Waals surface area contributed by atoms with Gasteiger partial charge in [-0.25, -0.2) is 18.7 Å². The first-order valence-electron chi connectivity index (χ1n) is 13.5. The fourth-order valence-electron chi connectivity index (χ4n) is 4.64. The van der Waals surface area contributed by atoms with Crippen molar-refractivity contribution in [1.82, 2.24) is 15.0 Å². The Bertz CT molecular complexity index is 1760. The number of aliphatic hydroxyl groups is 1. The van der Waals surface area contributed by atoms with Crippen molar-refractivity contribution in [3.8, 4) is 28.3 Å². The molecule has 0 bridgehead atoms. The Labute approximate surface area is 241 Å².